The number of aryl methyl sites for hydroxylation is 2. The SMILES string of the molecule is CCC(CC)(c1ccc(/C=C/C(O)(C(F)(F)F)C(F)(F)F)c(C)c1)c1ccc(OCC2COCOC2)c(C)c1. The summed E-state index contributed by atoms with van der Waals surface area (Å²) in [6.07, 6.45) is -10.00. The molecule has 0 aliphatic carbocycles. The van der Waals surface area contributed by atoms with Crippen LogP contribution in [0.15, 0.2) is 42.5 Å². The number of hydrogen-bond donors (Lipinski definition) is 1. The number of halogens is 6. The van der Waals surface area contributed by atoms with Crippen LogP contribution in [0, 0.1) is 19.8 Å². The lowest BCUT2D eigenvalue weighted by molar-refractivity contribution is -0.347. The van der Waals surface area contributed by atoms with Gasteiger partial charge in [0.2, 0.25) is 0 Å². The number of rotatable bonds is 9. The Balaban J connectivity index is 1.90. The van der Waals surface area contributed by atoms with Gasteiger partial charge in [-0.15, -0.1) is 0 Å². The lowest BCUT2D eigenvalue weighted by atomic mass is 9.70. The van der Waals surface area contributed by atoms with Gasteiger partial charge in [-0.1, -0.05) is 50.3 Å². The summed E-state index contributed by atoms with van der Waals surface area (Å²) in [5, 5.41) is 9.45. The molecule has 1 saturated heterocycles. The molecule has 0 unspecified atom stereocenters. The van der Waals surface area contributed by atoms with Crippen molar-refractivity contribution in [2.45, 2.75) is 63.9 Å². The Hall–Kier alpha value is -2.56. The van der Waals surface area contributed by atoms with E-state index in [1.807, 2.05) is 39.0 Å². The molecule has 0 radical (unpaired) electrons. The fourth-order valence-electron chi connectivity index (χ4n) is 4.90. The first kappa shape index (κ1) is 31.0. The molecular formula is C29H34F6O4. The first-order valence-corrected chi connectivity index (χ1v) is 12.7. The Kier molecular flexibility index (Phi) is 9.45. The quantitative estimate of drug-likeness (QED) is 0.328. The minimum atomic E-state index is -5.92. The maximum Gasteiger partial charge on any atom is 0.430 e. The van der Waals surface area contributed by atoms with Crippen LogP contribution in [0.5, 0.6) is 5.75 Å². The van der Waals surface area contributed by atoms with E-state index >= 15 is 0 Å². The highest BCUT2D eigenvalue weighted by atomic mass is 19.4. The summed E-state index contributed by atoms with van der Waals surface area (Å²) in [6, 6.07) is 10.9. The molecule has 4 nitrogen and oxygen atoms in total. The fourth-order valence-corrected chi connectivity index (χ4v) is 4.90. The van der Waals surface area contributed by atoms with Crippen LogP contribution >= 0.6 is 0 Å². The average Bonchev–Trinajstić information content (AvgIpc) is 2.88. The standard InChI is InChI=1S/C29H34F6O4/c1-5-26(6-2,24-9-10-25(20(4)14-24)39-17-21-15-37-18-38-16-21)23-8-7-22(19(3)13-23)11-12-27(36,28(30,31)32)29(33,34)35/h7-14,21,36H,5-6,15-18H2,1-4H3/b12-11+. The van der Waals surface area contributed by atoms with Gasteiger partial charge in [0.1, 0.15) is 12.5 Å². The van der Waals surface area contributed by atoms with Crippen molar-refractivity contribution in [1.29, 1.82) is 0 Å². The molecule has 1 fully saturated rings. The molecule has 0 atom stereocenters. The van der Waals surface area contributed by atoms with E-state index in [-0.39, 0.29) is 17.6 Å². The van der Waals surface area contributed by atoms with Gasteiger partial charge in [0.05, 0.1) is 19.8 Å². The Labute approximate surface area is 224 Å². The highest BCUT2D eigenvalue weighted by Gasteiger charge is 2.68. The molecule has 1 aliphatic heterocycles. The van der Waals surface area contributed by atoms with Crippen molar-refractivity contribution in [3.63, 3.8) is 0 Å². The zero-order valence-electron chi connectivity index (χ0n) is 22.4. The predicted octanol–water partition coefficient (Wildman–Crippen LogP) is 7.28. The van der Waals surface area contributed by atoms with Gasteiger partial charge in [-0.3, -0.25) is 0 Å². The van der Waals surface area contributed by atoms with Crippen molar-refractivity contribution in [1.82, 2.24) is 0 Å². The van der Waals surface area contributed by atoms with Gasteiger partial charge >= 0.3 is 12.4 Å². The summed E-state index contributed by atoms with van der Waals surface area (Å²) in [7, 11) is 0. The Morgan fingerprint density at radius 3 is 1.90 bits per heavy atom. The van der Waals surface area contributed by atoms with Gasteiger partial charge in [-0.2, -0.15) is 26.3 Å². The van der Waals surface area contributed by atoms with Gasteiger partial charge in [0.15, 0.2) is 0 Å². The normalized spacial score (nSPS) is 16.2. The largest absolute Gasteiger partial charge is 0.493 e. The zero-order chi connectivity index (χ0) is 29.1. The molecule has 2 aromatic carbocycles. The van der Waals surface area contributed by atoms with Crippen LogP contribution in [0.1, 0.15) is 54.5 Å². The van der Waals surface area contributed by atoms with Gasteiger partial charge in [-0.25, -0.2) is 0 Å². The molecule has 10 heteroatoms. The van der Waals surface area contributed by atoms with Crippen molar-refractivity contribution in [3.05, 3.63) is 70.3 Å². The third-order valence-corrected chi connectivity index (χ3v) is 7.47. The van der Waals surface area contributed by atoms with Crippen LogP contribution in [0.2, 0.25) is 0 Å². The molecule has 0 bridgehead atoms. The molecule has 1 aliphatic rings. The molecule has 3 rings (SSSR count). The maximum atomic E-state index is 13.1. The van der Waals surface area contributed by atoms with Crippen LogP contribution in [0.3, 0.4) is 0 Å². The molecule has 0 aromatic heterocycles. The number of alkyl halides is 6. The summed E-state index contributed by atoms with van der Waals surface area (Å²) in [6.45, 7) is 9.51. The monoisotopic (exact) mass is 560 g/mol. The van der Waals surface area contributed by atoms with Crippen molar-refractivity contribution in [3.8, 4) is 5.75 Å². The van der Waals surface area contributed by atoms with E-state index in [1.165, 1.54) is 6.07 Å². The van der Waals surface area contributed by atoms with E-state index in [4.69, 9.17) is 14.2 Å². The van der Waals surface area contributed by atoms with Crippen LogP contribution in [0.25, 0.3) is 6.08 Å². The molecule has 0 amide bonds. The van der Waals surface area contributed by atoms with Crippen LogP contribution in [-0.2, 0) is 14.9 Å². The third kappa shape index (κ3) is 6.44. The number of ether oxygens (including phenoxy) is 3. The van der Waals surface area contributed by atoms with E-state index in [0.29, 0.717) is 51.1 Å². The molecule has 216 valence electrons. The molecular weight excluding hydrogens is 526 g/mol. The first-order valence-electron chi connectivity index (χ1n) is 12.7. The van der Waals surface area contributed by atoms with Crippen molar-refractivity contribution in [2.24, 2.45) is 5.92 Å². The lowest BCUT2D eigenvalue weighted by Crippen LogP contribution is -2.55. The third-order valence-electron chi connectivity index (χ3n) is 7.47. The molecule has 1 N–H and O–H groups in total. The molecule has 0 spiro atoms. The number of aliphatic hydroxyl groups is 1. The maximum absolute atomic E-state index is 13.1. The summed E-state index contributed by atoms with van der Waals surface area (Å²) < 4.78 is 95.0. The second-order valence-electron chi connectivity index (χ2n) is 9.97. The number of benzene rings is 2. The Bertz CT molecular complexity index is 1130. The highest BCUT2D eigenvalue weighted by molar-refractivity contribution is 5.57. The topological polar surface area (TPSA) is 47.9 Å². The van der Waals surface area contributed by atoms with Crippen LogP contribution < -0.4 is 4.74 Å². The van der Waals surface area contributed by atoms with E-state index in [9.17, 15) is 31.4 Å². The molecule has 1 heterocycles. The summed E-state index contributed by atoms with van der Waals surface area (Å²) in [5.74, 6) is 0.880. The zero-order valence-corrected chi connectivity index (χ0v) is 22.4. The lowest BCUT2D eigenvalue weighted by Gasteiger charge is -2.34. The molecule has 0 saturated carbocycles. The van der Waals surface area contributed by atoms with Gasteiger partial charge in [0.25, 0.3) is 5.60 Å². The van der Waals surface area contributed by atoms with Crippen molar-refractivity contribution in [2.75, 3.05) is 26.6 Å². The van der Waals surface area contributed by atoms with E-state index in [2.05, 4.69) is 0 Å². The fraction of sp³-hybridized carbons (Fsp3) is 0.517. The van der Waals surface area contributed by atoms with Gasteiger partial charge in [0, 0.05) is 11.3 Å². The first-order chi connectivity index (χ1) is 18.2. The Morgan fingerprint density at radius 1 is 0.872 bits per heavy atom. The average molecular weight is 561 g/mol. The summed E-state index contributed by atoms with van der Waals surface area (Å²) in [4.78, 5) is 0. The van der Waals surface area contributed by atoms with E-state index in [1.54, 1.807) is 19.1 Å². The van der Waals surface area contributed by atoms with E-state index < -0.39 is 23.4 Å². The number of hydrogen-bond acceptors (Lipinski definition) is 4. The predicted molar refractivity (Wildman–Crippen MR) is 136 cm³/mol. The minimum absolute atomic E-state index is 0.141. The smallest absolute Gasteiger partial charge is 0.430 e. The van der Waals surface area contributed by atoms with Gasteiger partial charge in [-0.05, 0) is 66.6 Å². The second kappa shape index (κ2) is 11.9. The Morgan fingerprint density at radius 2 is 1.41 bits per heavy atom. The van der Waals surface area contributed by atoms with Crippen molar-refractivity contribution >= 4 is 6.08 Å². The molecule has 2 aromatic rings. The van der Waals surface area contributed by atoms with Crippen LogP contribution in [-0.4, -0.2) is 49.7 Å². The minimum Gasteiger partial charge on any atom is -0.493 e. The second-order valence-corrected chi connectivity index (χ2v) is 9.97. The summed E-state index contributed by atoms with van der Waals surface area (Å²) in [5.41, 5.74) is -1.93. The van der Waals surface area contributed by atoms with Crippen molar-refractivity contribution < 1.29 is 45.7 Å². The summed E-state index contributed by atoms with van der Waals surface area (Å²) >= 11 is 0. The van der Waals surface area contributed by atoms with Gasteiger partial charge < -0.3 is 19.3 Å². The van der Waals surface area contributed by atoms with Crippen LogP contribution in [0.4, 0.5) is 26.3 Å². The highest BCUT2D eigenvalue weighted by Crippen LogP contribution is 2.45. The molecule has 39 heavy (non-hydrogen) atoms. The van der Waals surface area contributed by atoms with E-state index in [0.717, 1.165) is 22.4 Å².